The highest BCUT2D eigenvalue weighted by atomic mass is 32.1. The first-order chi connectivity index (χ1) is 9.20. The lowest BCUT2D eigenvalue weighted by Gasteiger charge is -2.28. The van der Waals surface area contributed by atoms with E-state index in [1.54, 1.807) is 0 Å². The summed E-state index contributed by atoms with van der Waals surface area (Å²) in [6.45, 7) is 2.17. The quantitative estimate of drug-likeness (QED) is 0.843. The summed E-state index contributed by atoms with van der Waals surface area (Å²) in [4.78, 5) is 2.07. The van der Waals surface area contributed by atoms with Crippen LogP contribution in [0.25, 0.3) is 0 Å². The van der Waals surface area contributed by atoms with E-state index < -0.39 is 0 Å². The van der Waals surface area contributed by atoms with Crippen molar-refractivity contribution in [2.24, 2.45) is 0 Å². The Balaban J connectivity index is 1.93. The first-order valence-electron chi connectivity index (χ1n) is 7.34. The second-order valence-corrected chi connectivity index (χ2v) is 5.75. The highest BCUT2D eigenvalue weighted by Crippen LogP contribution is 2.19. The Bertz CT molecular complexity index is 407. The summed E-state index contributed by atoms with van der Waals surface area (Å²) in [6, 6.07) is 9.21. The summed E-state index contributed by atoms with van der Waals surface area (Å²) in [6.07, 6.45) is 7.61. The largest absolute Gasteiger partial charge is 0.360 e. The number of nitrogens with zero attached hydrogens (tertiary/aromatic N) is 1. The molecule has 0 heterocycles. The molecule has 2 rings (SSSR count). The van der Waals surface area contributed by atoms with Gasteiger partial charge in [0.25, 0.3) is 0 Å². The highest BCUT2D eigenvalue weighted by molar-refractivity contribution is 7.80. The minimum absolute atomic E-state index is 0.568. The topological polar surface area (TPSA) is 15.3 Å². The molecule has 1 aromatic carbocycles. The zero-order valence-electron chi connectivity index (χ0n) is 12.0. The van der Waals surface area contributed by atoms with E-state index in [4.69, 9.17) is 12.2 Å². The third kappa shape index (κ3) is 3.93. The van der Waals surface area contributed by atoms with Gasteiger partial charge >= 0.3 is 0 Å². The van der Waals surface area contributed by atoms with Gasteiger partial charge in [-0.3, -0.25) is 0 Å². The predicted molar refractivity (Wildman–Crippen MR) is 86.8 cm³/mol. The van der Waals surface area contributed by atoms with Crippen LogP contribution in [-0.2, 0) is 6.42 Å². The lowest BCUT2D eigenvalue weighted by molar-refractivity contribution is 0.414. The number of hydrogen-bond acceptors (Lipinski definition) is 1. The van der Waals surface area contributed by atoms with E-state index in [1.807, 2.05) is 7.05 Å². The fourth-order valence-electron chi connectivity index (χ4n) is 2.59. The van der Waals surface area contributed by atoms with E-state index in [-0.39, 0.29) is 0 Å². The number of thiocarbonyl (C=S) groups is 1. The van der Waals surface area contributed by atoms with E-state index in [9.17, 15) is 0 Å². The molecule has 0 aromatic heterocycles. The second-order valence-electron chi connectivity index (χ2n) is 5.36. The fourth-order valence-corrected chi connectivity index (χ4v) is 2.86. The Labute approximate surface area is 122 Å². The van der Waals surface area contributed by atoms with E-state index in [0.29, 0.717) is 6.04 Å². The SMILES string of the molecule is CCc1ccc(N(C)C(=S)NC2CCCCC2)cc1. The average molecular weight is 276 g/mol. The molecule has 1 aromatic rings. The maximum absolute atomic E-state index is 5.52. The molecule has 1 saturated carbocycles. The number of anilines is 1. The Morgan fingerprint density at radius 3 is 2.42 bits per heavy atom. The predicted octanol–water partition coefficient (Wildman–Crippen LogP) is 3.89. The van der Waals surface area contributed by atoms with Crippen molar-refractivity contribution >= 4 is 23.0 Å². The number of rotatable bonds is 3. The van der Waals surface area contributed by atoms with Gasteiger partial charge in [-0.05, 0) is 49.2 Å². The molecule has 104 valence electrons. The normalized spacial score (nSPS) is 16.1. The van der Waals surface area contributed by atoms with Gasteiger partial charge in [0, 0.05) is 18.8 Å². The number of aryl methyl sites for hydroxylation is 1. The number of nitrogens with one attached hydrogen (secondary N) is 1. The molecule has 0 unspecified atom stereocenters. The van der Waals surface area contributed by atoms with Crippen LogP contribution >= 0.6 is 12.2 Å². The van der Waals surface area contributed by atoms with Crippen molar-refractivity contribution in [2.75, 3.05) is 11.9 Å². The van der Waals surface area contributed by atoms with E-state index in [2.05, 4.69) is 41.4 Å². The van der Waals surface area contributed by atoms with Crippen molar-refractivity contribution in [1.82, 2.24) is 5.32 Å². The van der Waals surface area contributed by atoms with E-state index in [1.165, 1.54) is 37.7 Å². The lowest BCUT2D eigenvalue weighted by atomic mass is 9.96. The standard InChI is InChI=1S/C16H24N2S/c1-3-13-9-11-15(12-10-13)18(2)16(19)17-14-7-5-4-6-8-14/h9-12,14H,3-8H2,1-2H3,(H,17,19). The van der Waals surface area contributed by atoms with Crippen LogP contribution < -0.4 is 10.2 Å². The Morgan fingerprint density at radius 2 is 1.84 bits per heavy atom. The van der Waals surface area contributed by atoms with Crippen LogP contribution in [-0.4, -0.2) is 18.2 Å². The summed E-state index contributed by atoms with van der Waals surface area (Å²) >= 11 is 5.52. The Hall–Kier alpha value is -1.09. The van der Waals surface area contributed by atoms with Gasteiger partial charge in [-0.25, -0.2) is 0 Å². The summed E-state index contributed by atoms with van der Waals surface area (Å²) in [5.74, 6) is 0. The van der Waals surface area contributed by atoms with Crippen LogP contribution in [0.2, 0.25) is 0 Å². The Kier molecular flexibility index (Phi) is 5.20. The van der Waals surface area contributed by atoms with Crippen molar-refractivity contribution in [3.8, 4) is 0 Å². The van der Waals surface area contributed by atoms with E-state index >= 15 is 0 Å². The van der Waals surface area contributed by atoms with Gasteiger partial charge in [-0.15, -0.1) is 0 Å². The molecule has 0 saturated heterocycles. The molecule has 2 nitrogen and oxygen atoms in total. The van der Waals surface area contributed by atoms with Crippen LogP contribution in [0.15, 0.2) is 24.3 Å². The van der Waals surface area contributed by atoms with Crippen molar-refractivity contribution in [3.63, 3.8) is 0 Å². The van der Waals surface area contributed by atoms with Crippen LogP contribution in [0.5, 0.6) is 0 Å². The third-order valence-corrected chi connectivity index (χ3v) is 4.36. The molecule has 0 spiro atoms. The zero-order valence-corrected chi connectivity index (χ0v) is 12.8. The van der Waals surface area contributed by atoms with Gasteiger partial charge < -0.3 is 10.2 Å². The van der Waals surface area contributed by atoms with Gasteiger partial charge in [0.1, 0.15) is 0 Å². The molecular formula is C16H24N2S. The zero-order chi connectivity index (χ0) is 13.7. The molecule has 1 N–H and O–H groups in total. The number of hydrogen-bond donors (Lipinski definition) is 1. The molecule has 0 amide bonds. The average Bonchev–Trinajstić information content (AvgIpc) is 2.47. The first-order valence-corrected chi connectivity index (χ1v) is 7.74. The van der Waals surface area contributed by atoms with Crippen molar-refractivity contribution in [2.45, 2.75) is 51.5 Å². The van der Waals surface area contributed by atoms with Gasteiger partial charge in [-0.1, -0.05) is 38.3 Å². The van der Waals surface area contributed by atoms with Crippen LogP contribution in [0, 0.1) is 0 Å². The molecule has 1 fully saturated rings. The van der Waals surface area contributed by atoms with Crippen molar-refractivity contribution in [3.05, 3.63) is 29.8 Å². The van der Waals surface area contributed by atoms with Crippen molar-refractivity contribution in [1.29, 1.82) is 0 Å². The van der Waals surface area contributed by atoms with E-state index in [0.717, 1.165) is 17.2 Å². The summed E-state index contributed by atoms with van der Waals surface area (Å²) in [7, 11) is 2.04. The highest BCUT2D eigenvalue weighted by Gasteiger charge is 2.16. The minimum Gasteiger partial charge on any atom is -0.360 e. The molecule has 19 heavy (non-hydrogen) atoms. The summed E-state index contributed by atoms with van der Waals surface area (Å²) in [5, 5.41) is 4.35. The molecule has 0 atom stereocenters. The smallest absolute Gasteiger partial charge is 0.173 e. The molecule has 1 aliphatic carbocycles. The minimum atomic E-state index is 0.568. The third-order valence-electron chi connectivity index (χ3n) is 3.97. The summed E-state index contributed by atoms with van der Waals surface area (Å²) in [5.41, 5.74) is 2.52. The molecule has 0 aliphatic heterocycles. The van der Waals surface area contributed by atoms with Crippen LogP contribution in [0.3, 0.4) is 0 Å². The molecule has 0 radical (unpaired) electrons. The van der Waals surface area contributed by atoms with Gasteiger partial charge in [-0.2, -0.15) is 0 Å². The molecule has 0 bridgehead atoms. The maximum Gasteiger partial charge on any atom is 0.173 e. The fraction of sp³-hybridized carbons (Fsp3) is 0.562. The van der Waals surface area contributed by atoms with Crippen molar-refractivity contribution < 1.29 is 0 Å². The first kappa shape index (κ1) is 14.3. The number of benzene rings is 1. The van der Waals surface area contributed by atoms with Gasteiger partial charge in [0.15, 0.2) is 5.11 Å². The molecular weight excluding hydrogens is 252 g/mol. The molecule has 3 heteroatoms. The second kappa shape index (κ2) is 6.90. The molecule has 1 aliphatic rings. The van der Waals surface area contributed by atoms with Crippen LogP contribution in [0.4, 0.5) is 5.69 Å². The Morgan fingerprint density at radius 1 is 1.21 bits per heavy atom. The lowest BCUT2D eigenvalue weighted by Crippen LogP contribution is -2.43. The maximum atomic E-state index is 5.52. The monoisotopic (exact) mass is 276 g/mol. The van der Waals surface area contributed by atoms with Gasteiger partial charge in [0.05, 0.1) is 0 Å². The van der Waals surface area contributed by atoms with Crippen LogP contribution in [0.1, 0.15) is 44.6 Å². The summed E-state index contributed by atoms with van der Waals surface area (Å²) < 4.78 is 0. The van der Waals surface area contributed by atoms with Gasteiger partial charge in [0.2, 0.25) is 0 Å².